The van der Waals surface area contributed by atoms with Gasteiger partial charge in [-0.05, 0) is 74.2 Å². The number of carbonyl (C=O) groups is 2. The number of carbonyl (C=O) groups excluding carboxylic acids is 2. The number of rotatable bonds is 8. The van der Waals surface area contributed by atoms with E-state index in [0.717, 1.165) is 41.8 Å². The van der Waals surface area contributed by atoms with Gasteiger partial charge >= 0.3 is 11.9 Å². The van der Waals surface area contributed by atoms with Gasteiger partial charge in [0.2, 0.25) is 0 Å². The van der Waals surface area contributed by atoms with Crippen LogP contribution in [0.25, 0.3) is 5.57 Å². The third-order valence-electron chi connectivity index (χ3n) is 6.74. The van der Waals surface area contributed by atoms with E-state index in [4.69, 9.17) is 14.5 Å². The van der Waals surface area contributed by atoms with E-state index in [-0.39, 0.29) is 13.2 Å². The number of benzene rings is 1. The highest BCUT2D eigenvalue weighted by molar-refractivity contribution is 7.12. The zero-order valence-electron chi connectivity index (χ0n) is 20.7. The molecule has 1 aromatic carbocycles. The summed E-state index contributed by atoms with van der Waals surface area (Å²) >= 11 is 1.52. The third-order valence-corrected chi connectivity index (χ3v) is 7.63. The molecule has 186 valence electrons. The largest absolute Gasteiger partial charge is 0.463 e. The van der Waals surface area contributed by atoms with Crippen LogP contribution in [0.2, 0.25) is 0 Å². The van der Waals surface area contributed by atoms with Crippen LogP contribution in [0.5, 0.6) is 0 Å². The standard InChI is InChI=1S/C29H30N2O4S/c1-3-34-27(32)29(28(33)35-4-2)22(18-23(30-29)26-15-10-16-36-26)25-17-21-13-8-9-14-24(21)31(25)19-20-11-6-5-7-12-20/h5-7,10-12,15-18H,3-4,8-9,13-14,19H2,1-2H3. The summed E-state index contributed by atoms with van der Waals surface area (Å²) in [5, 5.41) is 1.96. The molecule has 6 nitrogen and oxygen atoms in total. The van der Waals surface area contributed by atoms with Gasteiger partial charge in [-0.3, -0.25) is 0 Å². The Morgan fingerprint density at radius 3 is 2.39 bits per heavy atom. The Labute approximate surface area is 215 Å². The Hall–Kier alpha value is -3.45. The minimum Gasteiger partial charge on any atom is -0.463 e. The molecule has 0 fully saturated rings. The van der Waals surface area contributed by atoms with Crippen LogP contribution in [0.3, 0.4) is 0 Å². The summed E-state index contributed by atoms with van der Waals surface area (Å²) in [6, 6.07) is 16.3. The molecule has 0 radical (unpaired) electrons. The van der Waals surface area contributed by atoms with E-state index in [9.17, 15) is 9.59 Å². The maximum Gasteiger partial charge on any atom is 0.350 e. The number of fused-ring (bicyclic) bond motifs is 1. The van der Waals surface area contributed by atoms with Gasteiger partial charge in [-0.15, -0.1) is 11.3 Å². The lowest BCUT2D eigenvalue weighted by atomic mass is 9.88. The van der Waals surface area contributed by atoms with E-state index in [2.05, 4.69) is 22.8 Å². The number of aryl methyl sites for hydroxylation is 1. The van der Waals surface area contributed by atoms with E-state index in [1.54, 1.807) is 13.8 Å². The van der Waals surface area contributed by atoms with E-state index < -0.39 is 17.5 Å². The van der Waals surface area contributed by atoms with Gasteiger partial charge in [0.05, 0.1) is 23.8 Å². The topological polar surface area (TPSA) is 69.9 Å². The molecule has 1 aliphatic carbocycles. The summed E-state index contributed by atoms with van der Waals surface area (Å²) in [6.07, 6.45) is 6.05. The molecule has 0 N–H and O–H groups in total. The van der Waals surface area contributed by atoms with Gasteiger partial charge in [0.1, 0.15) is 0 Å². The highest BCUT2D eigenvalue weighted by atomic mass is 32.1. The molecule has 7 heteroatoms. The van der Waals surface area contributed by atoms with Crippen molar-refractivity contribution in [3.63, 3.8) is 0 Å². The second kappa shape index (κ2) is 10.3. The Balaban J connectivity index is 1.73. The van der Waals surface area contributed by atoms with Crippen LogP contribution in [0.4, 0.5) is 0 Å². The van der Waals surface area contributed by atoms with Crippen LogP contribution >= 0.6 is 11.3 Å². The van der Waals surface area contributed by atoms with Crippen molar-refractivity contribution in [2.45, 2.75) is 51.6 Å². The van der Waals surface area contributed by atoms with Crippen molar-refractivity contribution in [1.82, 2.24) is 4.57 Å². The molecule has 0 spiro atoms. The molecular formula is C29H30N2O4S. The fraction of sp³-hybridized carbons (Fsp3) is 0.345. The predicted octanol–water partition coefficient (Wildman–Crippen LogP) is 5.23. The summed E-state index contributed by atoms with van der Waals surface area (Å²) in [5.74, 6) is -1.40. The Bertz CT molecular complexity index is 1300. The van der Waals surface area contributed by atoms with Crippen molar-refractivity contribution < 1.29 is 19.1 Å². The summed E-state index contributed by atoms with van der Waals surface area (Å²) < 4.78 is 13.2. The fourth-order valence-electron chi connectivity index (χ4n) is 5.12. The van der Waals surface area contributed by atoms with Gasteiger partial charge in [0.15, 0.2) is 0 Å². The van der Waals surface area contributed by atoms with Crippen LogP contribution < -0.4 is 0 Å². The van der Waals surface area contributed by atoms with Gasteiger partial charge in [-0.1, -0.05) is 36.4 Å². The fourth-order valence-corrected chi connectivity index (χ4v) is 5.81. The predicted molar refractivity (Wildman–Crippen MR) is 141 cm³/mol. The van der Waals surface area contributed by atoms with Crippen LogP contribution in [-0.2, 0) is 38.4 Å². The van der Waals surface area contributed by atoms with Crippen LogP contribution in [0.1, 0.15) is 54.1 Å². The Kier molecular flexibility index (Phi) is 6.92. The first-order chi connectivity index (χ1) is 17.6. The number of aromatic nitrogens is 1. The van der Waals surface area contributed by atoms with Gasteiger partial charge in [-0.2, -0.15) is 0 Å². The molecule has 36 heavy (non-hydrogen) atoms. The highest BCUT2D eigenvalue weighted by Crippen LogP contribution is 2.42. The zero-order valence-corrected chi connectivity index (χ0v) is 21.5. The number of thiophene rings is 1. The third kappa shape index (κ3) is 4.22. The van der Waals surface area contributed by atoms with E-state index in [1.165, 1.54) is 22.6 Å². The van der Waals surface area contributed by atoms with Gasteiger partial charge in [0, 0.05) is 23.5 Å². The van der Waals surface area contributed by atoms with Crippen LogP contribution in [0.15, 0.2) is 65.0 Å². The molecule has 3 aromatic rings. The second-order valence-electron chi connectivity index (χ2n) is 8.96. The minimum absolute atomic E-state index is 0.138. The molecule has 0 saturated heterocycles. The first kappa shape index (κ1) is 24.3. The van der Waals surface area contributed by atoms with E-state index in [0.29, 0.717) is 17.8 Å². The Morgan fingerprint density at radius 1 is 1.00 bits per heavy atom. The molecule has 0 atom stereocenters. The number of hydrogen-bond acceptors (Lipinski definition) is 6. The normalized spacial score (nSPS) is 16.2. The number of hydrogen-bond donors (Lipinski definition) is 0. The van der Waals surface area contributed by atoms with Crippen molar-refractivity contribution in [3.05, 3.63) is 87.4 Å². The monoisotopic (exact) mass is 502 g/mol. The average Bonchev–Trinajstić information content (AvgIpc) is 3.63. The van der Waals surface area contributed by atoms with E-state index in [1.807, 2.05) is 41.8 Å². The van der Waals surface area contributed by atoms with Crippen LogP contribution in [0, 0.1) is 0 Å². The number of esters is 2. The van der Waals surface area contributed by atoms with Crippen molar-refractivity contribution in [2.75, 3.05) is 13.2 Å². The number of nitrogens with zero attached hydrogens (tertiary/aromatic N) is 2. The summed E-state index contributed by atoms with van der Waals surface area (Å²) in [6.45, 7) is 4.38. The van der Waals surface area contributed by atoms with Crippen molar-refractivity contribution >= 4 is 34.6 Å². The van der Waals surface area contributed by atoms with Crippen molar-refractivity contribution in [2.24, 2.45) is 4.99 Å². The lowest BCUT2D eigenvalue weighted by molar-refractivity contribution is -0.160. The SMILES string of the molecule is CCOC(=O)C1(C(=O)OCC)N=C(c2cccs2)C=C1c1cc2c(n1Cc1ccccc1)CCCC2. The molecule has 0 bridgehead atoms. The molecule has 2 aliphatic rings. The number of ether oxygens (including phenoxy) is 2. The summed E-state index contributed by atoms with van der Waals surface area (Å²) in [4.78, 5) is 32.9. The molecule has 3 heterocycles. The lowest BCUT2D eigenvalue weighted by Crippen LogP contribution is -2.47. The number of aliphatic imine (C=N–C) groups is 1. The summed E-state index contributed by atoms with van der Waals surface area (Å²) in [5.41, 5.74) is 3.70. The minimum atomic E-state index is -1.90. The summed E-state index contributed by atoms with van der Waals surface area (Å²) in [7, 11) is 0. The van der Waals surface area contributed by atoms with Gasteiger partial charge in [0.25, 0.3) is 5.54 Å². The molecule has 1 aliphatic heterocycles. The second-order valence-corrected chi connectivity index (χ2v) is 9.91. The lowest BCUT2D eigenvalue weighted by Gasteiger charge is -2.26. The smallest absolute Gasteiger partial charge is 0.350 e. The molecular weight excluding hydrogens is 472 g/mol. The molecule has 2 aromatic heterocycles. The molecule has 5 rings (SSSR count). The average molecular weight is 503 g/mol. The molecule has 0 saturated carbocycles. The van der Waals surface area contributed by atoms with Crippen LogP contribution in [-0.4, -0.2) is 41.0 Å². The maximum atomic E-state index is 13.6. The first-order valence-corrected chi connectivity index (χ1v) is 13.4. The Morgan fingerprint density at radius 2 is 1.72 bits per heavy atom. The van der Waals surface area contributed by atoms with Crippen molar-refractivity contribution in [3.8, 4) is 0 Å². The maximum absolute atomic E-state index is 13.6. The van der Waals surface area contributed by atoms with E-state index >= 15 is 0 Å². The quantitative estimate of drug-likeness (QED) is 0.313. The highest BCUT2D eigenvalue weighted by Gasteiger charge is 2.56. The molecule has 0 unspecified atom stereocenters. The van der Waals surface area contributed by atoms with Gasteiger partial charge < -0.3 is 14.0 Å². The molecule has 0 amide bonds. The first-order valence-electron chi connectivity index (χ1n) is 12.5. The number of allylic oxidation sites excluding steroid dienone is 1. The van der Waals surface area contributed by atoms with Crippen molar-refractivity contribution in [1.29, 1.82) is 0 Å². The van der Waals surface area contributed by atoms with Gasteiger partial charge in [-0.25, -0.2) is 14.6 Å². The zero-order chi connectivity index (χ0) is 25.1.